The smallest absolute Gasteiger partial charge is 0.287 e. The highest BCUT2D eigenvalue weighted by molar-refractivity contribution is 6.35. The van der Waals surface area contributed by atoms with Crippen molar-refractivity contribution >= 4 is 17.4 Å². The van der Waals surface area contributed by atoms with E-state index in [-0.39, 0.29) is 0 Å². The van der Waals surface area contributed by atoms with Crippen LogP contribution in [0.5, 0.6) is 0 Å². The third-order valence-electron chi connectivity index (χ3n) is 3.27. The van der Waals surface area contributed by atoms with Crippen LogP contribution in [0.2, 0.25) is 0 Å². The highest BCUT2D eigenvalue weighted by Crippen LogP contribution is 2.26. The summed E-state index contributed by atoms with van der Waals surface area (Å²) in [6.45, 7) is 2.78. The third kappa shape index (κ3) is 2.70. The van der Waals surface area contributed by atoms with E-state index in [0.717, 1.165) is 24.9 Å². The minimum atomic E-state index is -0.523. The monoisotopic (exact) mass is 246 g/mol. The molecule has 0 aliphatic carbocycles. The van der Waals surface area contributed by atoms with Gasteiger partial charge in [-0.2, -0.15) is 0 Å². The molecule has 0 saturated heterocycles. The lowest BCUT2D eigenvalue weighted by Gasteiger charge is -2.27. The Morgan fingerprint density at radius 1 is 1.39 bits per heavy atom. The minimum Gasteiger partial charge on any atom is -0.374 e. The summed E-state index contributed by atoms with van der Waals surface area (Å²) in [5, 5.41) is 2.61. The molecule has 0 aromatic heterocycles. The van der Waals surface area contributed by atoms with Crippen molar-refractivity contribution < 1.29 is 9.59 Å². The van der Waals surface area contributed by atoms with Crippen molar-refractivity contribution in [3.8, 4) is 0 Å². The van der Waals surface area contributed by atoms with Crippen molar-refractivity contribution in [3.05, 3.63) is 29.3 Å². The highest BCUT2D eigenvalue weighted by atomic mass is 16.2. The van der Waals surface area contributed by atoms with E-state index in [1.807, 2.05) is 6.07 Å². The van der Waals surface area contributed by atoms with Crippen molar-refractivity contribution in [1.82, 2.24) is 5.32 Å². The predicted octanol–water partition coefficient (Wildman–Crippen LogP) is 1.27. The number of hydrogen-bond acceptors (Lipinski definition) is 3. The second-order valence-electron chi connectivity index (χ2n) is 4.73. The van der Waals surface area contributed by atoms with Gasteiger partial charge in [-0.25, -0.2) is 0 Å². The zero-order valence-corrected chi connectivity index (χ0v) is 10.8. The van der Waals surface area contributed by atoms with Gasteiger partial charge in [-0.1, -0.05) is 12.1 Å². The molecule has 0 spiro atoms. The third-order valence-corrected chi connectivity index (χ3v) is 3.27. The van der Waals surface area contributed by atoms with Gasteiger partial charge in [0, 0.05) is 32.7 Å². The molecular formula is C14H18N2O2. The van der Waals surface area contributed by atoms with E-state index in [4.69, 9.17) is 0 Å². The second-order valence-corrected chi connectivity index (χ2v) is 4.73. The van der Waals surface area contributed by atoms with Gasteiger partial charge in [-0.05, 0) is 30.0 Å². The highest BCUT2D eigenvalue weighted by Gasteiger charge is 2.14. The van der Waals surface area contributed by atoms with Crippen molar-refractivity contribution in [2.75, 3.05) is 18.5 Å². The Labute approximate surface area is 107 Å². The van der Waals surface area contributed by atoms with Crippen molar-refractivity contribution in [3.63, 3.8) is 0 Å². The number of nitrogens with one attached hydrogen (secondary N) is 1. The summed E-state index contributed by atoms with van der Waals surface area (Å²) in [6.07, 6.45) is 2.24. The summed E-state index contributed by atoms with van der Waals surface area (Å²) in [7, 11) is 2.09. The second kappa shape index (κ2) is 5.21. The van der Waals surface area contributed by atoms with Crippen LogP contribution in [0.1, 0.15) is 24.5 Å². The quantitative estimate of drug-likeness (QED) is 0.817. The molecule has 4 nitrogen and oxygen atoms in total. The van der Waals surface area contributed by atoms with Gasteiger partial charge in [0.1, 0.15) is 0 Å². The van der Waals surface area contributed by atoms with Gasteiger partial charge in [-0.15, -0.1) is 0 Å². The number of carbonyl (C=O) groups excluding carboxylic acids is 2. The molecule has 0 saturated carbocycles. The van der Waals surface area contributed by atoms with Crippen LogP contribution >= 0.6 is 0 Å². The first-order valence-corrected chi connectivity index (χ1v) is 6.19. The standard InChI is InChI=1S/C14H18N2O2/c1-10(17)14(18)15-9-11-5-6-13-12(8-11)4-3-7-16(13)2/h5-6,8H,3-4,7,9H2,1-2H3,(H,15,18). The van der Waals surface area contributed by atoms with Gasteiger partial charge in [0.25, 0.3) is 5.91 Å². The molecule has 18 heavy (non-hydrogen) atoms. The molecule has 1 heterocycles. The molecule has 4 heteroatoms. The van der Waals surface area contributed by atoms with Crippen LogP contribution in [0.4, 0.5) is 5.69 Å². The van der Waals surface area contributed by atoms with Crippen LogP contribution in [0.25, 0.3) is 0 Å². The average molecular weight is 246 g/mol. The van der Waals surface area contributed by atoms with Gasteiger partial charge in [-0.3, -0.25) is 9.59 Å². The number of amides is 1. The largest absolute Gasteiger partial charge is 0.374 e. The van der Waals surface area contributed by atoms with E-state index in [9.17, 15) is 9.59 Å². The maximum Gasteiger partial charge on any atom is 0.287 e. The first kappa shape index (κ1) is 12.6. The van der Waals surface area contributed by atoms with Crippen LogP contribution in [0.15, 0.2) is 18.2 Å². The lowest BCUT2D eigenvalue weighted by molar-refractivity contribution is -0.136. The fourth-order valence-electron chi connectivity index (χ4n) is 2.26. The number of rotatable bonds is 3. The van der Waals surface area contributed by atoms with Crippen molar-refractivity contribution in [1.29, 1.82) is 0 Å². The van der Waals surface area contributed by atoms with Gasteiger partial charge in [0.15, 0.2) is 0 Å². The van der Waals surface area contributed by atoms with Crippen molar-refractivity contribution in [2.45, 2.75) is 26.3 Å². The Hall–Kier alpha value is -1.84. The zero-order valence-electron chi connectivity index (χ0n) is 10.8. The molecule has 0 atom stereocenters. The van der Waals surface area contributed by atoms with E-state index in [1.165, 1.54) is 18.2 Å². The molecule has 1 aromatic rings. The molecule has 0 unspecified atom stereocenters. The molecule has 0 fully saturated rings. The number of benzene rings is 1. The van der Waals surface area contributed by atoms with Gasteiger partial charge < -0.3 is 10.2 Å². The number of nitrogens with zero attached hydrogens (tertiary/aromatic N) is 1. The summed E-state index contributed by atoms with van der Waals surface area (Å²) in [5.74, 6) is -0.975. The Kier molecular flexibility index (Phi) is 3.65. The molecule has 1 aromatic carbocycles. The lowest BCUT2D eigenvalue weighted by Crippen LogP contribution is -2.29. The maximum atomic E-state index is 11.2. The molecule has 1 aliphatic rings. The Morgan fingerprint density at radius 3 is 2.89 bits per heavy atom. The number of fused-ring (bicyclic) bond motifs is 1. The van der Waals surface area contributed by atoms with Crippen LogP contribution in [0.3, 0.4) is 0 Å². The Balaban J connectivity index is 2.07. The summed E-state index contributed by atoms with van der Waals surface area (Å²) in [4.78, 5) is 24.3. The molecule has 0 bridgehead atoms. The van der Waals surface area contributed by atoms with E-state index >= 15 is 0 Å². The van der Waals surface area contributed by atoms with E-state index in [0.29, 0.717) is 6.54 Å². The average Bonchev–Trinajstić information content (AvgIpc) is 2.36. The van der Waals surface area contributed by atoms with Crippen LogP contribution < -0.4 is 10.2 Å². The zero-order chi connectivity index (χ0) is 13.1. The Bertz CT molecular complexity index is 483. The van der Waals surface area contributed by atoms with Gasteiger partial charge in [0.05, 0.1) is 0 Å². The van der Waals surface area contributed by atoms with Crippen LogP contribution in [-0.2, 0) is 22.6 Å². The fraction of sp³-hybridized carbons (Fsp3) is 0.429. The van der Waals surface area contributed by atoms with E-state index in [2.05, 4.69) is 29.4 Å². The molecular weight excluding hydrogens is 228 g/mol. The molecule has 0 radical (unpaired) electrons. The van der Waals surface area contributed by atoms with Gasteiger partial charge in [0.2, 0.25) is 5.78 Å². The number of Topliss-reactive ketones (excluding diaryl/α,β-unsaturated/α-hetero) is 1. The first-order chi connectivity index (χ1) is 8.58. The molecule has 2 rings (SSSR count). The number of carbonyl (C=O) groups is 2. The van der Waals surface area contributed by atoms with E-state index in [1.54, 1.807) is 0 Å². The molecule has 1 aliphatic heterocycles. The maximum absolute atomic E-state index is 11.2. The SMILES string of the molecule is CC(=O)C(=O)NCc1ccc2c(c1)CCCN2C. The fourth-order valence-corrected chi connectivity index (χ4v) is 2.26. The summed E-state index contributed by atoms with van der Waals surface area (Å²) in [6, 6.07) is 6.20. The summed E-state index contributed by atoms with van der Waals surface area (Å²) >= 11 is 0. The normalized spacial score (nSPS) is 14.0. The number of aryl methyl sites for hydroxylation is 1. The summed E-state index contributed by atoms with van der Waals surface area (Å²) in [5.41, 5.74) is 3.62. The van der Waals surface area contributed by atoms with Crippen LogP contribution in [0, 0.1) is 0 Å². The minimum absolute atomic E-state index is 0.412. The molecule has 1 amide bonds. The predicted molar refractivity (Wildman–Crippen MR) is 70.6 cm³/mol. The van der Waals surface area contributed by atoms with Gasteiger partial charge >= 0.3 is 0 Å². The molecule has 96 valence electrons. The lowest BCUT2D eigenvalue weighted by atomic mass is 9.99. The van der Waals surface area contributed by atoms with Crippen LogP contribution in [-0.4, -0.2) is 25.3 Å². The van der Waals surface area contributed by atoms with Crippen molar-refractivity contribution in [2.24, 2.45) is 0 Å². The molecule has 1 N–H and O–H groups in total. The first-order valence-electron chi connectivity index (χ1n) is 6.19. The number of ketones is 1. The number of hydrogen-bond donors (Lipinski definition) is 1. The summed E-state index contributed by atoms with van der Waals surface area (Å²) < 4.78 is 0. The topological polar surface area (TPSA) is 49.4 Å². The Morgan fingerprint density at radius 2 is 2.17 bits per heavy atom. The van der Waals surface area contributed by atoms with E-state index < -0.39 is 11.7 Å². The number of anilines is 1.